The molecule has 0 amide bonds. The van der Waals surface area contributed by atoms with Crippen LogP contribution < -0.4 is 10.6 Å². The van der Waals surface area contributed by atoms with Crippen LogP contribution in [0.15, 0.2) is 6.07 Å². The Morgan fingerprint density at radius 3 is 2.78 bits per heavy atom. The first kappa shape index (κ1) is 12.9. The van der Waals surface area contributed by atoms with Crippen molar-refractivity contribution < 1.29 is 8.78 Å². The highest BCUT2D eigenvalue weighted by atomic mass is 32.1. The van der Waals surface area contributed by atoms with Gasteiger partial charge in [-0.2, -0.15) is 4.98 Å². The van der Waals surface area contributed by atoms with E-state index in [-0.39, 0.29) is 0 Å². The summed E-state index contributed by atoms with van der Waals surface area (Å²) in [5.74, 6) is 0.921. The standard InChI is InChI=1S/C11H14F2N4S/c1-3-14-11-16-9(15-5-8(12)13)7-4-6(2)18-10(7)17-11/h4,8H,3,5H2,1-2H3,(H2,14,15,16,17). The quantitative estimate of drug-likeness (QED) is 0.878. The molecular formula is C11H14F2N4S. The molecule has 2 rings (SSSR count). The Bertz CT molecular complexity index is 541. The van der Waals surface area contributed by atoms with Crippen LogP contribution in [0, 0.1) is 6.92 Å². The number of aromatic nitrogens is 2. The number of anilines is 2. The molecule has 0 aliphatic heterocycles. The maximum atomic E-state index is 12.3. The third-order valence-electron chi connectivity index (χ3n) is 2.27. The molecule has 2 aromatic rings. The van der Waals surface area contributed by atoms with E-state index in [0.29, 0.717) is 18.3 Å². The molecule has 0 aliphatic carbocycles. The van der Waals surface area contributed by atoms with Crippen molar-refractivity contribution in [1.82, 2.24) is 9.97 Å². The number of thiophene rings is 1. The number of alkyl halides is 2. The number of rotatable bonds is 5. The van der Waals surface area contributed by atoms with E-state index in [0.717, 1.165) is 15.1 Å². The Kier molecular flexibility index (Phi) is 3.90. The molecule has 0 unspecified atom stereocenters. The smallest absolute Gasteiger partial charge is 0.255 e. The van der Waals surface area contributed by atoms with Gasteiger partial charge in [0.25, 0.3) is 6.43 Å². The van der Waals surface area contributed by atoms with Gasteiger partial charge in [-0.15, -0.1) is 11.3 Å². The van der Waals surface area contributed by atoms with Gasteiger partial charge in [-0.1, -0.05) is 0 Å². The number of hydrogen-bond donors (Lipinski definition) is 2. The Hall–Kier alpha value is -1.50. The van der Waals surface area contributed by atoms with E-state index in [1.807, 2.05) is 19.9 Å². The zero-order chi connectivity index (χ0) is 13.1. The largest absolute Gasteiger partial charge is 0.364 e. The minimum Gasteiger partial charge on any atom is -0.364 e. The summed E-state index contributed by atoms with van der Waals surface area (Å²) < 4.78 is 24.5. The highest BCUT2D eigenvalue weighted by Crippen LogP contribution is 2.29. The second-order valence-electron chi connectivity index (χ2n) is 3.77. The fraction of sp³-hybridized carbons (Fsp3) is 0.455. The summed E-state index contributed by atoms with van der Waals surface area (Å²) in [6.45, 7) is 4.16. The van der Waals surface area contributed by atoms with Crippen LogP contribution in [0.5, 0.6) is 0 Å². The molecule has 0 saturated heterocycles. The zero-order valence-corrected chi connectivity index (χ0v) is 10.9. The van der Waals surface area contributed by atoms with Crippen molar-refractivity contribution in [3.05, 3.63) is 10.9 Å². The van der Waals surface area contributed by atoms with Gasteiger partial charge in [-0.05, 0) is 19.9 Å². The lowest BCUT2D eigenvalue weighted by molar-refractivity contribution is 0.163. The van der Waals surface area contributed by atoms with Crippen molar-refractivity contribution in [2.24, 2.45) is 0 Å². The third-order valence-corrected chi connectivity index (χ3v) is 3.22. The summed E-state index contributed by atoms with van der Waals surface area (Å²) >= 11 is 1.52. The Balaban J connectivity index is 2.39. The second-order valence-corrected chi connectivity index (χ2v) is 5.01. The van der Waals surface area contributed by atoms with E-state index < -0.39 is 13.0 Å². The van der Waals surface area contributed by atoms with Crippen molar-refractivity contribution in [3.8, 4) is 0 Å². The lowest BCUT2D eigenvalue weighted by Gasteiger charge is -2.08. The van der Waals surface area contributed by atoms with Gasteiger partial charge < -0.3 is 10.6 Å². The average molecular weight is 272 g/mol. The molecular weight excluding hydrogens is 258 g/mol. The first-order valence-electron chi connectivity index (χ1n) is 5.64. The molecule has 2 heterocycles. The van der Waals surface area contributed by atoms with Crippen LogP contribution in [-0.4, -0.2) is 29.5 Å². The average Bonchev–Trinajstić information content (AvgIpc) is 2.66. The topological polar surface area (TPSA) is 49.8 Å². The highest BCUT2D eigenvalue weighted by Gasteiger charge is 2.11. The van der Waals surface area contributed by atoms with E-state index in [2.05, 4.69) is 20.6 Å². The van der Waals surface area contributed by atoms with Gasteiger partial charge in [0.1, 0.15) is 10.6 Å². The van der Waals surface area contributed by atoms with Gasteiger partial charge in [0.2, 0.25) is 5.95 Å². The monoisotopic (exact) mass is 272 g/mol. The first-order chi connectivity index (χ1) is 8.60. The summed E-state index contributed by atoms with van der Waals surface area (Å²) in [7, 11) is 0. The Morgan fingerprint density at radius 2 is 2.11 bits per heavy atom. The maximum absolute atomic E-state index is 12.3. The Morgan fingerprint density at radius 1 is 1.33 bits per heavy atom. The minimum atomic E-state index is -2.41. The van der Waals surface area contributed by atoms with Gasteiger partial charge in [0.15, 0.2) is 0 Å². The number of nitrogens with one attached hydrogen (secondary N) is 2. The zero-order valence-electron chi connectivity index (χ0n) is 10.1. The van der Waals surface area contributed by atoms with Crippen LogP contribution in [0.25, 0.3) is 10.2 Å². The van der Waals surface area contributed by atoms with Crippen molar-refractivity contribution in [3.63, 3.8) is 0 Å². The predicted molar refractivity (Wildman–Crippen MR) is 70.8 cm³/mol. The Labute approximate surface area is 107 Å². The molecule has 7 heteroatoms. The number of hydrogen-bond acceptors (Lipinski definition) is 5. The lowest BCUT2D eigenvalue weighted by Crippen LogP contribution is -2.13. The minimum absolute atomic E-state index is 0.410. The second kappa shape index (κ2) is 5.43. The van der Waals surface area contributed by atoms with E-state index >= 15 is 0 Å². The fourth-order valence-electron chi connectivity index (χ4n) is 1.59. The van der Waals surface area contributed by atoms with Gasteiger partial charge in [0, 0.05) is 11.4 Å². The maximum Gasteiger partial charge on any atom is 0.255 e. The molecule has 0 aromatic carbocycles. The summed E-state index contributed by atoms with van der Waals surface area (Å²) in [5, 5.41) is 6.45. The highest BCUT2D eigenvalue weighted by molar-refractivity contribution is 7.18. The van der Waals surface area contributed by atoms with Gasteiger partial charge in [0.05, 0.1) is 11.9 Å². The summed E-state index contributed by atoms with van der Waals surface area (Å²) in [6, 6.07) is 1.91. The van der Waals surface area contributed by atoms with Crippen molar-refractivity contribution >= 4 is 33.3 Å². The van der Waals surface area contributed by atoms with Gasteiger partial charge in [-0.3, -0.25) is 0 Å². The van der Waals surface area contributed by atoms with Crippen LogP contribution in [-0.2, 0) is 0 Å². The van der Waals surface area contributed by atoms with Gasteiger partial charge in [-0.25, -0.2) is 13.8 Å². The van der Waals surface area contributed by atoms with Crippen molar-refractivity contribution in [2.45, 2.75) is 20.3 Å². The van der Waals surface area contributed by atoms with Crippen LogP contribution in [0.3, 0.4) is 0 Å². The number of aryl methyl sites for hydroxylation is 1. The molecule has 18 heavy (non-hydrogen) atoms. The van der Waals surface area contributed by atoms with E-state index in [1.54, 1.807) is 0 Å². The molecule has 0 spiro atoms. The van der Waals surface area contributed by atoms with Crippen molar-refractivity contribution in [2.75, 3.05) is 23.7 Å². The summed E-state index contributed by atoms with van der Waals surface area (Å²) in [5.41, 5.74) is 0. The molecule has 0 fully saturated rings. The van der Waals surface area contributed by atoms with E-state index in [4.69, 9.17) is 0 Å². The number of nitrogens with zero attached hydrogens (tertiary/aromatic N) is 2. The molecule has 2 N–H and O–H groups in total. The molecule has 0 atom stereocenters. The van der Waals surface area contributed by atoms with E-state index in [1.165, 1.54) is 11.3 Å². The van der Waals surface area contributed by atoms with E-state index in [9.17, 15) is 8.78 Å². The molecule has 0 saturated carbocycles. The van der Waals surface area contributed by atoms with Crippen LogP contribution in [0.2, 0.25) is 0 Å². The van der Waals surface area contributed by atoms with Crippen LogP contribution in [0.1, 0.15) is 11.8 Å². The number of fused-ring (bicyclic) bond motifs is 1. The predicted octanol–water partition coefficient (Wildman–Crippen LogP) is 3.11. The molecule has 0 aliphatic rings. The lowest BCUT2D eigenvalue weighted by atomic mass is 10.3. The van der Waals surface area contributed by atoms with Crippen molar-refractivity contribution in [1.29, 1.82) is 0 Å². The fourth-order valence-corrected chi connectivity index (χ4v) is 2.47. The summed E-state index contributed by atoms with van der Waals surface area (Å²) in [6.07, 6.45) is -2.41. The third kappa shape index (κ3) is 2.84. The van der Waals surface area contributed by atoms with Crippen LogP contribution in [0.4, 0.5) is 20.5 Å². The summed E-state index contributed by atoms with van der Waals surface area (Å²) in [4.78, 5) is 10.4. The normalized spacial score (nSPS) is 11.2. The first-order valence-corrected chi connectivity index (χ1v) is 6.46. The molecule has 4 nitrogen and oxygen atoms in total. The SMILES string of the molecule is CCNc1nc(NCC(F)F)c2cc(C)sc2n1. The van der Waals surface area contributed by atoms with Crippen LogP contribution >= 0.6 is 11.3 Å². The molecule has 0 bridgehead atoms. The molecule has 0 radical (unpaired) electrons. The molecule has 98 valence electrons. The van der Waals surface area contributed by atoms with Gasteiger partial charge >= 0.3 is 0 Å². The molecule has 2 aromatic heterocycles. The number of halogens is 2.